The van der Waals surface area contributed by atoms with E-state index in [1.165, 1.54) is 6.07 Å². The second-order valence-corrected chi connectivity index (χ2v) is 7.19. The highest BCUT2D eigenvalue weighted by Gasteiger charge is 2.22. The van der Waals surface area contributed by atoms with Crippen LogP contribution in [0.1, 0.15) is 13.8 Å². The van der Waals surface area contributed by atoms with Gasteiger partial charge in [-0.3, -0.25) is 4.79 Å². The summed E-state index contributed by atoms with van der Waals surface area (Å²) in [6, 6.07) is 4.81. The third-order valence-electron chi connectivity index (χ3n) is 2.79. The van der Waals surface area contributed by atoms with Gasteiger partial charge in [0.15, 0.2) is 0 Å². The van der Waals surface area contributed by atoms with E-state index in [1.807, 2.05) is 6.92 Å². The van der Waals surface area contributed by atoms with E-state index in [0.717, 1.165) is 4.90 Å². The summed E-state index contributed by atoms with van der Waals surface area (Å²) >= 11 is 1.56. The number of sulfonamides is 1. The maximum atomic E-state index is 11.9. The van der Waals surface area contributed by atoms with Crippen molar-refractivity contribution in [3.05, 3.63) is 18.2 Å². The van der Waals surface area contributed by atoms with E-state index in [0.29, 0.717) is 18.0 Å². The van der Waals surface area contributed by atoms with E-state index in [4.69, 9.17) is 0 Å². The summed E-state index contributed by atoms with van der Waals surface area (Å²) in [5.74, 6) is 0.522. The number of thioether (sulfide) groups is 1. The minimum atomic E-state index is -3.50. The molecule has 1 aromatic rings. The van der Waals surface area contributed by atoms with Crippen LogP contribution in [0.3, 0.4) is 0 Å². The summed E-state index contributed by atoms with van der Waals surface area (Å²) in [6.45, 7) is 3.91. The first kappa shape index (κ1) is 14.4. The molecule has 2 rings (SSSR count). The Hall–Kier alpha value is -1.05. The fourth-order valence-electron chi connectivity index (χ4n) is 1.72. The van der Waals surface area contributed by atoms with E-state index in [1.54, 1.807) is 30.8 Å². The average molecular weight is 300 g/mol. The lowest BCUT2D eigenvalue weighted by molar-refractivity contribution is -0.118. The zero-order valence-corrected chi connectivity index (χ0v) is 12.4. The van der Waals surface area contributed by atoms with Gasteiger partial charge in [0.05, 0.1) is 10.6 Å². The van der Waals surface area contributed by atoms with Gasteiger partial charge < -0.3 is 5.32 Å². The second-order valence-electron chi connectivity index (χ2n) is 4.36. The molecular weight excluding hydrogens is 284 g/mol. The molecule has 2 N–H and O–H groups in total. The van der Waals surface area contributed by atoms with Crippen LogP contribution in [0, 0.1) is 5.92 Å². The molecular formula is C12H16N2O3S2. The van der Waals surface area contributed by atoms with Crippen molar-refractivity contribution in [1.82, 2.24) is 4.72 Å². The van der Waals surface area contributed by atoms with Crippen molar-refractivity contribution in [2.45, 2.75) is 23.6 Å². The molecule has 1 atom stereocenters. The van der Waals surface area contributed by atoms with E-state index < -0.39 is 10.0 Å². The lowest BCUT2D eigenvalue weighted by Crippen LogP contribution is -2.23. The molecule has 0 aliphatic carbocycles. The molecule has 0 unspecified atom stereocenters. The van der Waals surface area contributed by atoms with Crippen LogP contribution in [0.15, 0.2) is 28.0 Å². The SMILES string of the molecule is CCNS(=O)(=O)c1ccc2c(c1)NC(=O)[C@@H](C)CS2. The summed E-state index contributed by atoms with van der Waals surface area (Å²) in [5, 5.41) is 2.77. The normalized spacial score (nSPS) is 19.5. The second kappa shape index (κ2) is 5.52. The van der Waals surface area contributed by atoms with Crippen molar-refractivity contribution in [3.8, 4) is 0 Å². The number of carbonyl (C=O) groups excluding carboxylic acids is 1. The van der Waals surface area contributed by atoms with Crippen molar-refractivity contribution in [3.63, 3.8) is 0 Å². The first-order chi connectivity index (χ1) is 8.94. The van der Waals surface area contributed by atoms with Crippen LogP contribution in [-0.4, -0.2) is 26.6 Å². The van der Waals surface area contributed by atoms with Gasteiger partial charge in [-0.15, -0.1) is 11.8 Å². The average Bonchev–Trinajstić information content (AvgIpc) is 2.49. The van der Waals surface area contributed by atoms with Crippen molar-refractivity contribution in [2.24, 2.45) is 5.92 Å². The Morgan fingerprint density at radius 2 is 2.21 bits per heavy atom. The molecule has 0 saturated carbocycles. The smallest absolute Gasteiger partial charge is 0.240 e. The van der Waals surface area contributed by atoms with Crippen LogP contribution in [0.25, 0.3) is 0 Å². The number of fused-ring (bicyclic) bond motifs is 1. The number of benzene rings is 1. The number of anilines is 1. The molecule has 0 aromatic heterocycles. The Kier molecular flexibility index (Phi) is 4.17. The Bertz CT molecular complexity index is 599. The van der Waals surface area contributed by atoms with E-state index >= 15 is 0 Å². The van der Waals surface area contributed by atoms with Gasteiger partial charge in [-0.05, 0) is 18.2 Å². The zero-order valence-electron chi connectivity index (χ0n) is 10.8. The van der Waals surface area contributed by atoms with E-state index in [2.05, 4.69) is 10.0 Å². The predicted molar refractivity (Wildman–Crippen MR) is 75.8 cm³/mol. The van der Waals surface area contributed by atoms with Gasteiger partial charge in [0.2, 0.25) is 15.9 Å². The summed E-state index contributed by atoms with van der Waals surface area (Å²) in [4.78, 5) is 12.8. The highest BCUT2D eigenvalue weighted by Crippen LogP contribution is 2.33. The number of hydrogen-bond acceptors (Lipinski definition) is 4. The van der Waals surface area contributed by atoms with Crippen LogP contribution in [0.5, 0.6) is 0 Å². The fraction of sp³-hybridized carbons (Fsp3) is 0.417. The third-order valence-corrected chi connectivity index (χ3v) is 5.67. The van der Waals surface area contributed by atoms with Crippen molar-refractivity contribution < 1.29 is 13.2 Å². The molecule has 19 heavy (non-hydrogen) atoms. The molecule has 0 spiro atoms. The molecule has 1 aliphatic heterocycles. The number of amides is 1. The van der Waals surface area contributed by atoms with E-state index in [-0.39, 0.29) is 16.7 Å². The maximum Gasteiger partial charge on any atom is 0.240 e. The molecule has 1 amide bonds. The Labute approximate surface area is 117 Å². The lowest BCUT2D eigenvalue weighted by Gasteiger charge is -2.10. The maximum absolute atomic E-state index is 11.9. The number of carbonyl (C=O) groups is 1. The van der Waals surface area contributed by atoms with Crippen molar-refractivity contribution >= 4 is 33.4 Å². The molecule has 0 bridgehead atoms. The molecule has 1 aliphatic rings. The van der Waals surface area contributed by atoms with Gasteiger partial charge in [-0.25, -0.2) is 13.1 Å². The molecule has 5 nitrogen and oxygen atoms in total. The largest absolute Gasteiger partial charge is 0.325 e. The summed E-state index contributed by atoms with van der Waals surface area (Å²) < 4.78 is 26.3. The summed E-state index contributed by atoms with van der Waals surface area (Å²) in [5.41, 5.74) is 0.568. The molecule has 0 saturated heterocycles. The van der Waals surface area contributed by atoms with Crippen LogP contribution >= 0.6 is 11.8 Å². The Morgan fingerprint density at radius 1 is 1.47 bits per heavy atom. The number of rotatable bonds is 3. The van der Waals surface area contributed by atoms with Gasteiger partial charge in [-0.1, -0.05) is 13.8 Å². The van der Waals surface area contributed by atoms with Gasteiger partial charge in [0.25, 0.3) is 0 Å². The molecule has 0 fully saturated rings. The van der Waals surface area contributed by atoms with Crippen LogP contribution < -0.4 is 10.0 Å². The highest BCUT2D eigenvalue weighted by molar-refractivity contribution is 7.99. The highest BCUT2D eigenvalue weighted by atomic mass is 32.2. The van der Waals surface area contributed by atoms with E-state index in [9.17, 15) is 13.2 Å². The number of hydrogen-bond donors (Lipinski definition) is 2. The third kappa shape index (κ3) is 3.10. The molecule has 7 heteroatoms. The van der Waals surface area contributed by atoms with Gasteiger partial charge >= 0.3 is 0 Å². The monoisotopic (exact) mass is 300 g/mol. The standard InChI is InChI=1S/C12H16N2O3S2/c1-3-13-19(16,17)9-4-5-11-10(6-9)14-12(15)8(2)7-18-11/h4-6,8,13H,3,7H2,1-2H3,(H,14,15)/t8-/m0/s1. The van der Waals surface area contributed by atoms with Crippen LogP contribution in [0.2, 0.25) is 0 Å². The first-order valence-corrected chi connectivity index (χ1v) is 8.48. The van der Waals surface area contributed by atoms with Gasteiger partial charge in [0, 0.05) is 23.1 Å². The quantitative estimate of drug-likeness (QED) is 0.890. The predicted octanol–water partition coefficient (Wildman–Crippen LogP) is 1.67. The topological polar surface area (TPSA) is 75.3 Å². The van der Waals surface area contributed by atoms with Crippen LogP contribution in [-0.2, 0) is 14.8 Å². The van der Waals surface area contributed by atoms with Crippen LogP contribution in [0.4, 0.5) is 5.69 Å². The minimum absolute atomic E-state index is 0.0794. The number of nitrogens with one attached hydrogen (secondary N) is 2. The molecule has 0 radical (unpaired) electrons. The molecule has 1 aromatic carbocycles. The molecule has 104 valence electrons. The zero-order chi connectivity index (χ0) is 14.0. The van der Waals surface area contributed by atoms with Crippen molar-refractivity contribution in [1.29, 1.82) is 0 Å². The Balaban J connectivity index is 2.39. The summed E-state index contributed by atoms with van der Waals surface area (Å²) in [7, 11) is -3.50. The Morgan fingerprint density at radius 3 is 2.89 bits per heavy atom. The van der Waals surface area contributed by atoms with Gasteiger partial charge in [-0.2, -0.15) is 0 Å². The minimum Gasteiger partial charge on any atom is -0.325 e. The summed E-state index contributed by atoms with van der Waals surface area (Å²) in [6.07, 6.45) is 0. The lowest BCUT2D eigenvalue weighted by atomic mass is 10.2. The first-order valence-electron chi connectivity index (χ1n) is 6.01. The molecule has 1 heterocycles. The fourth-order valence-corrected chi connectivity index (χ4v) is 3.80. The van der Waals surface area contributed by atoms with Crippen molar-refractivity contribution in [2.75, 3.05) is 17.6 Å². The van der Waals surface area contributed by atoms with Gasteiger partial charge in [0.1, 0.15) is 0 Å².